The van der Waals surface area contributed by atoms with Crippen molar-refractivity contribution in [2.75, 3.05) is 45.4 Å². The van der Waals surface area contributed by atoms with Crippen molar-refractivity contribution in [1.82, 2.24) is 25.1 Å². The quantitative estimate of drug-likeness (QED) is 0.565. The number of nitrogens with zero attached hydrogens (tertiary/aromatic N) is 4. The van der Waals surface area contributed by atoms with Gasteiger partial charge in [-0.25, -0.2) is 4.98 Å². The van der Waals surface area contributed by atoms with Crippen LogP contribution < -0.4 is 4.90 Å². The number of methoxy groups -OCH3 is 1. The van der Waals surface area contributed by atoms with Crippen molar-refractivity contribution in [3.05, 3.63) is 29.0 Å². The highest BCUT2D eigenvalue weighted by Crippen LogP contribution is 2.59. The van der Waals surface area contributed by atoms with Crippen LogP contribution in [0.25, 0.3) is 22.6 Å². The molecule has 1 saturated carbocycles. The molecule has 0 bridgehead atoms. The average Bonchev–Trinajstić information content (AvgIpc) is 3.16. The highest BCUT2D eigenvalue weighted by molar-refractivity contribution is 5.98. The molecule has 3 heterocycles. The fourth-order valence-corrected chi connectivity index (χ4v) is 5.92. The van der Waals surface area contributed by atoms with E-state index in [-0.39, 0.29) is 11.9 Å². The molecule has 2 aliphatic carbocycles. The minimum Gasteiger partial charge on any atom is -0.380 e. The van der Waals surface area contributed by atoms with Crippen molar-refractivity contribution in [3.63, 3.8) is 0 Å². The molecule has 35 heavy (non-hydrogen) atoms. The van der Waals surface area contributed by atoms with E-state index in [1.807, 2.05) is 26.1 Å². The Morgan fingerprint density at radius 3 is 2.94 bits per heavy atom. The molecule has 9 heteroatoms. The number of hydrogen-bond donors (Lipinski definition) is 2. The summed E-state index contributed by atoms with van der Waals surface area (Å²) >= 11 is 0. The number of imidazole rings is 1. The largest absolute Gasteiger partial charge is 0.380 e. The summed E-state index contributed by atoms with van der Waals surface area (Å²) in [6.45, 7) is 7.63. The Balaban J connectivity index is 1.33. The van der Waals surface area contributed by atoms with E-state index in [4.69, 9.17) is 14.5 Å². The zero-order valence-corrected chi connectivity index (χ0v) is 21.0. The lowest BCUT2D eigenvalue weighted by Gasteiger charge is -2.33. The third-order valence-electron chi connectivity index (χ3n) is 8.37. The number of carbonyl (C=O) groups is 1. The maximum Gasteiger partial charge on any atom is 0.243 e. The number of rotatable bonds is 6. The molecule has 0 radical (unpaired) electrons. The number of hydrogen-bond acceptors (Lipinski definition) is 6. The summed E-state index contributed by atoms with van der Waals surface area (Å²) in [5, 5.41) is 7.93. The first-order valence-electron chi connectivity index (χ1n) is 12.6. The van der Waals surface area contributed by atoms with Crippen LogP contribution in [0.2, 0.25) is 0 Å². The number of H-pyrrole nitrogens is 2. The van der Waals surface area contributed by atoms with Crippen molar-refractivity contribution < 1.29 is 14.3 Å². The molecule has 0 unspecified atom stereocenters. The van der Waals surface area contributed by atoms with Gasteiger partial charge >= 0.3 is 0 Å². The highest BCUT2D eigenvalue weighted by Gasteiger charge is 2.53. The molecule has 186 valence electrons. The Hall–Kier alpha value is -2.75. The Bertz CT molecular complexity index is 1280. The molecular formula is C26H34N6O3. The molecule has 2 N–H and O–H groups in total. The van der Waals surface area contributed by atoms with Crippen LogP contribution in [0.1, 0.15) is 37.1 Å². The third-order valence-corrected chi connectivity index (χ3v) is 8.37. The summed E-state index contributed by atoms with van der Waals surface area (Å²) in [6, 6.07) is 3.80. The minimum absolute atomic E-state index is 0.0585. The molecule has 0 spiro atoms. The Labute approximate surface area is 205 Å². The maximum absolute atomic E-state index is 13.3. The van der Waals surface area contributed by atoms with E-state index in [9.17, 15) is 4.79 Å². The van der Waals surface area contributed by atoms with Gasteiger partial charge in [0.15, 0.2) is 5.82 Å². The van der Waals surface area contributed by atoms with Gasteiger partial charge in [-0.2, -0.15) is 5.10 Å². The van der Waals surface area contributed by atoms with Crippen LogP contribution in [0.4, 0.5) is 5.69 Å². The third kappa shape index (κ3) is 3.86. The zero-order valence-electron chi connectivity index (χ0n) is 21.0. The molecule has 2 aromatic heterocycles. The molecule has 3 aromatic rings. The number of aromatic nitrogens is 4. The predicted octanol–water partition coefficient (Wildman–Crippen LogP) is 2.91. The van der Waals surface area contributed by atoms with Gasteiger partial charge in [0.25, 0.3) is 0 Å². The molecule has 2 fully saturated rings. The standard InChI is InChI=1S/C26H34N6O3/c1-15(32-5-7-35-8-6-32)25(33)31(3)18-9-16(14-34-4)22-20(11-18)27-24(28-22)23-19-10-17-12-26(17,2)13-21(19)29-30-23/h9,11,15,17H,5-8,10,12-14H2,1-4H3,(H,27,28)(H,29,30)/t15-,17+,26+/m0/s1. The molecule has 6 rings (SSSR count). The van der Waals surface area contributed by atoms with Crippen molar-refractivity contribution in [2.45, 2.75) is 45.8 Å². The summed E-state index contributed by atoms with van der Waals surface area (Å²) in [5.41, 5.74) is 7.41. The number of amides is 1. The van der Waals surface area contributed by atoms with Crippen LogP contribution in [0.5, 0.6) is 0 Å². The van der Waals surface area contributed by atoms with Crippen LogP contribution in [0, 0.1) is 11.3 Å². The van der Waals surface area contributed by atoms with Crippen LogP contribution >= 0.6 is 0 Å². The number of benzene rings is 1. The van der Waals surface area contributed by atoms with E-state index < -0.39 is 0 Å². The first-order valence-corrected chi connectivity index (χ1v) is 12.6. The van der Waals surface area contributed by atoms with Crippen LogP contribution in [0.15, 0.2) is 12.1 Å². The van der Waals surface area contributed by atoms with Crippen LogP contribution in [-0.2, 0) is 33.7 Å². The van der Waals surface area contributed by atoms with E-state index >= 15 is 0 Å². The number of carbonyl (C=O) groups excluding carboxylic acids is 1. The summed E-state index contributed by atoms with van der Waals surface area (Å²) in [5.74, 6) is 1.58. The molecule has 3 aliphatic rings. The lowest BCUT2D eigenvalue weighted by atomic mass is 9.88. The van der Waals surface area contributed by atoms with Gasteiger partial charge in [-0.05, 0) is 49.7 Å². The number of anilines is 1. The van der Waals surface area contributed by atoms with E-state index in [0.29, 0.717) is 25.2 Å². The van der Waals surface area contributed by atoms with Crippen molar-refractivity contribution >= 4 is 22.6 Å². The smallest absolute Gasteiger partial charge is 0.243 e. The summed E-state index contributed by atoms with van der Waals surface area (Å²) < 4.78 is 10.9. The van der Waals surface area contributed by atoms with Crippen molar-refractivity contribution in [1.29, 1.82) is 0 Å². The first kappa shape index (κ1) is 22.7. The second-order valence-electron chi connectivity index (χ2n) is 10.7. The number of likely N-dealkylation sites (N-methyl/N-ethyl adjacent to an activating group) is 1. The Kier molecular flexibility index (Phi) is 5.47. The second kappa shape index (κ2) is 8.43. The molecule has 1 aromatic carbocycles. The van der Waals surface area contributed by atoms with Crippen LogP contribution in [-0.4, -0.2) is 77.5 Å². The molecular weight excluding hydrogens is 444 g/mol. The van der Waals surface area contributed by atoms with Gasteiger partial charge in [-0.3, -0.25) is 14.8 Å². The molecule has 3 atom stereocenters. The lowest BCUT2D eigenvalue weighted by Crippen LogP contribution is -2.50. The minimum atomic E-state index is -0.216. The second-order valence-corrected chi connectivity index (χ2v) is 10.7. The number of aromatic amines is 2. The van der Waals surface area contributed by atoms with Gasteiger partial charge in [0.1, 0.15) is 5.69 Å². The van der Waals surface area contributed by atoms with Gasteiger partial charge in [0.05, 0.1) is 36.9 Å². The van der Waals surface area contributed by atoms with Gasteiger partial charge in [-0.15, -0.1) is 0 Å². The lowest BCUT2D eigenvalue weighted by molar-refractivity contribution is -0.124. The topological polar surface area (TPSA) is 99.4 Å². The number of nitrogens with one attached hydrogen (secondary N) is 2. The summed E-state index contributed by atoms with van der Waals surface area (Å²) in [7, 11) is 3.52. The van der Waals surface area contributed by atoms with E-state index in [1.165, 1.54) is 17.7 Å². The predicted molar refractivity (Wildman–Crippen MR) is 133 cm³/mol. The van der Waals surface area contributed by atoms with Crippen LogP contribution in [0.3, 0.4) is 0 Å². The first-order chi connectivity index (χ1) is 16.9. The normalized spacial score (nSPS) is 24.7. The number of fused-ring (bicyclic) bond motifs is 3. The monoisotopic (exact) mass is 478 g/mol. The fraction of sp³-hybridized carbons (Fsp3) is 0.577. The Morgan fingerprint density at radius 1 is 1.37 bits per heavy atom. The molecule has 1 amide bonds. The van der Waals surface area contributed by atoms with Gasteiger partial charge in [0.2, 0.25) is 5.91 Å². The average molecular weight is 479 g/mol. The SMILES string of the molecule is COCc1cc(N(C)C(=O)[C@H](C)N2CCOCC2)cc2[nH]c(-c3n[nH]c4c3C[C@@H]3C[C@]3(C)C4)nc12. The van der Waals surface area contributed by atoms with Gasteiger partial charge < -0.3 is 19.4 Å². The molecule has 1 aliphatic heterocycles. The van der Waals surface area contributed by atoms with E-state index in [0.717, 1.165) is 65.7 Å². The fourth-order valence-electron chi connectivity index (χ4n) is 5.92. The number of morpholine rings is 1. The summed E-state index contributed by atoms with van der Waals surface area (Å²) in [6.07, 6.45) is 3.41. The van der Waals surface area contributed by atoms with Gasteiger partial charge in [0, 0.05) is 49.8 Å². The molecule has 9 nitrogen and oxygen atoms in total. The molecule has 1 saturated heterocycles. The van der Waals surface area contributed by atoms with Gasteiger partial charge in [-0.1, -0.05) is 6.92 Å². The summed E-state index contributed by atoms with van der Waals surface area (Å²) in [4.78, 5) is 25.7. The van der Waals surface area contributed by atoms with E-state index in [2.05, 4.69) is 27.0 Å². The van der Waals surface area contributed by atoms with Crippen molar-refractivity contribution in [3.8, 4) is 11.5 Å². The highest BCUT2D eigenvalue weighted by atomic mass is 16.5. The number of ether oxygens (including phenoxy) is 2. The van der Waals surface area contributed by atoms with Crippen molar-refractivity contribution in [2.24, 2.45) is 11.3 Å². The zero-order chi connectivity index (χ0) is 24.3. The Morgan fingerprint density at radius 2 is 2.17 bits per heavy atom. The maximum atomic E-state index is 13.3. The van der Waals surface area contributed by atoms with E-state index in [1.54, 1.807) is 12.0 Å².